The van der Waals surface area contributed by atoms with Crippen LogP contribution in [-0.4, -0.2) is 80.1 Å². The average Bonchev–Trinajstić information content (AvgIpc) is 2.92. The first-order chi connectivity index (χ1) is 18.4. The molecule has 2 heterocycles. The Kier molecular flexibility index (Phi) is 8.90. The summed E-state index contributed by atoms with van der Waals surface area (Å²) in [7, 11) is -2.17. The summed E-state index contributed by atoms with van der Waals surface area (Å²) in [5.74, 6) is -0.569. The highest BCUT2D eigenvalue weighted by Crippen LogP contribution is 2.35. The van der Waals surface area contributed by atoms with Gasteiger partial charge in [-0.15, -0.1) is 0 Å². The predicted octanol–water partition coefficient (Wildman–Crippen LogP) is 3.36. The van der Waals surface area contributed by atoms with Crippen molar-refractivity contribution in [3.05, 3.63) is 63.6 Å². The molecule has 0 aromatic heterocycles. The maximum Gasteiger partial charge on any atom is 0.253 e. The number of nitrogens with zero attached hydrogens (tertiary/aromatic N) is 3. The van der Waals surface area contributed by atoms with Gasteiger partial charge < -0.3 is 14.7 Å². The molecule has 2 atom stereocenters. The SMILES string of the molecule is CC(=O)N1CCC(C(=O)N2CCC(N(C)C(=O)c3ccc(S(N)(=O)=O)cc3)C(c3ccc(Cl)c(Cl)c3)C2)CC1. The van der Waals surface area contributed by atoms with Crippen molar-refractivity contribution < 1.29 is 22.8 Å². The van der Waals surface area contributed by atoms with Crippen molar-refractivity contribution >= 4 is 50.9 Å². The molecule has 3 amide bonds. The number of piperidine rings is 2. The Morgan fingerprint density at radius 3 is 2.10 bits per heavy atom. The molecule has 2 aliphatic heterocycles. The number of nitrogens with two attached hydrogens (primary N) is 1. The molecule has 0 spiro atoms. The van der Waals surface area contributed by atoms with Gasteiger partial charge in [-0.3, -0.25) is 14.4 Å². The minimum absolute atomic E-state index is 0.0217. The summed E-state index contributed by atoms with van der Waals surface area (Å²) in [5.41, 5.74) is 1.19. The molecule has 2 saturated heterocycles. The number of carbonyl (C=O) groups excluding carboxylic acids is 3. The third-order valence-electron chi connectivity index (χ3n) is 7.80. The molecule has 2 aromatic rings. The van der Waals surface area contributed by atoms with E-state index in [2.05, 4.69) is 0 Å². The normalized spacial score (nSPS) is 20.5. The third-order valence-corrected chi connectivity index (χ3v) is 9.47. The van der Waals surface area contributed by atoms with Crippen molar-refractivity contribution in [1.29, 1.82) is 0 Å². The number of hydrogen-bond acceptors (Lipinski definition) is 5. The molecular formula is C27H32Cl2N4O5S. The lowest BCUT2D eigenvalue weighted by Crippen LogP contribution is -2.53. The van der Waals surface area contributed by atoms with E-state index in [4.69, 9.17) is 28.3 Å². The average molecular weight is 596 g/mol. The highest BCUT2D eigenvalue weighted by Gasteiger charge is 2.39. The molecule has 4 rings (SSSR count). The maximum absolute atomic E-state index is 13.5. The van der Waals surface area contributed by atoms with Crippen molar-refractivity contribution in [3.63, 3.8) is 0 Å². The number of amides is 3. The van der Waals surface area contributed by atoms with Gasteiger partial charge in [0.2, 0.25) is 21.8 Å². The Balaban J connectivity index is 1.56. The van der Waals surface area contributed by atoms with Crippen LogP contribution in [-0.2, 0) is 19.6 Å². The van der Waals surface area contributed by atoms with E-state index in [-0.39, 0.29) is 40.5 Å². The van der Waals surface area contributed by atoms with Crippen LogP contribution >= 0.6 is 23.2 Å². The fourth-order valence-corrected chi connectivity index (χ4v) is 6.34. The van der Waals surface area contributed by atoms with Crippen LogP contribution in [0.1, 0.15) is 48.0 Å². The molecule has 0 saturated carbocycles. The van der Waals surface area contributed by atoms with E-state index >= 15 is 0 Å². The number of sulfonamides is 1. The number of halogens is 2. The van der Waals surface area contributed by atoms with E-state index in [1.165, 1.54) is 24.3 Å². The molecule has 2 aromatic carbocycles. The van der Waals surface area contributed by atoms with Gasteiger partial charge in [0.05, 0.1) is 14.9 Å². The number of carbonyl (C=O) groups is 3. The van der Waals surface area contributed by atoms with Gasteiger partial charge in [-0.1, -0.05) is 29.3 Å². The Labute approximate surface area is 238 Å². The monoisotopic (exact) mass is 594 g/mol. The summed E-state index contributed by atoms with van der Waals surface area (Å²) in [6.45, 7) is 3.56. The Morgan fingerprint density at radius 1 is 0.923 bits per heavy atom. The molecule has 9 nitrogen and oxygen atoms in total. The number of benzene rings is 2. The van der Waals surface area contributed by atoms with E-state index in [1.807, 2.05) is 11.0 Å². The first-order valence-electron chi connectivity index (χ1n) is 12.8. The number of likely N-dealkylation sites (tertiary alicyclic amines) is 2. The standard InChI is InChI=1S/C27H32Cl2N4O5S/c1-17(34)32-12-9-19(10-13-32)27(36)33-14-11-25(22(16-33)20-5-8-23(28)24(29)15-20)31(2)26(35)18-3-6-21(7-4-18)39(30,37)38/h3-8,15,19,22,25H,9-14,16H2,1-2H3,(H2,30,37,38). The van der Waals surface area contributed by atoms with Crippen LogP contribution in [0.2, 0.25) is 10.0 Å². The summed E-state index contributed by atoms with van der Waals surface area (Å²) in [5, 5.41) is 5.99. The lowest BCUT2D eigenvalue weighted by atomic mass is 9.83. The van der Waals surface area contributed by atoms with Crippen molar-refractivity contribution in [1.82, 2.24) is 14.7 Å². The second-order valence-electron chi connectivity index (χ2n) is 10.2. The summed E-state index contributed by atoms with van der Waals surface area (Å²) in [6.07, 6.45) is 1.80. The van der Waals surface area contributed by atoms with Gasteiger partial charge in [0, 0.05) is 63.6 Å². The van der Waals surface area contributed by atoms with Gasteiger partial charge in [0.15, 0.2) is 0 Å². The molecule has 0 bridgehead atoms. The van der Waals surface area contributed by atoms with Crippen LogP contribution in [0.5, 0.6) is 0 Å². The molecule has 2 aliphatic rings. The molecular weight excluding hydrogens is 563 g/mol. The highest BCUT2D eigenvalue weighted by atomic mass is 35.5. The van der Waals surface area contributed by atoms with Crippen LogP contribution in [0.3, 0.4) is 0 Å². The number of primary sulfonamides is 1. The molecule has 0 aliphatic carbocycles. The van der Waals surface area contributed by atoms with Gasteiger partial charge in [-0.25, -0.2) is 13.6 Å². The van der Waals surface area contributed by atoms with Gasteiger partial charge >= 0.3 is 0 Å². The maximum atomic E-state index is 13.5. The topological polar surface area (TPSA) is 121 Å². The molecule has 2 fully saturated rings. The summed E-state index contributed by atoms with van der Waals surface area (Å²) in [6, 6.07) is 10.6. The highest BCUT2D eigenvalue weighted by molar-refractivity contribution is 7.89. The quantitative estimate of drug-likeness (QED) is 0.569. The second-order valence-corrected chi connectivity index (χ2v) is 12.6. The Bertz CT molecular complexity index is 1360. The Morgan fingerprint density at radius 2 is 1.54 bits per heavy atom. The lowest BCUT2D eigenvalue weighted by Gasteiger charge is -2.44. The summed E-state index contributed by atoms with van der Waals surface area (Å²) in [4.78, 5) is 43.8. The predicted molar refractivity (Wildman–Crippen MR) is 149 cm³/mol. The van der Waals surface area contributed by atoms with E-state index < -0.39 is 10.0 Å². The number of hydrogen-bond donors (Lipinski definition) is 1. The zero-order valence-electron chi connectivity index (χ0n) is 21.8. The zero-order valence-corrected chi connectivity index (χ0v) is 24.2. The molecule has 0 radical (unpaired) electrons. The van der Waals surface area contributed by atoms with Crippen molar-refractivity contribution in [2.24, 2.45) is 11.1 Å². The first kappa shape index (κ1) is 29.3. The van der Waals surface area contributed by atoms with Gasteiger partial charge in [-0.2, -0.15) is 0 Å². The Hall–Kier alpha value is -2.66. The number of likely N-dealkylation sites (N-methyl/N-ethyl adjacent to an activating group) is 1. The molecule has 12 heteroatoms. The van der Waals surface area contributed by atoms with Crippen molar-refractivity contribution in [2.45, 2.75) is 43.0 Å². The molecule has 210 valence electrons. The lowest BCUT2D eigenvalue weighted by molar-refractivity contribution is -0.141. The van der Waals surface area contributed by atoms with Gasteiger partial charge in [0.25, 0.3) is 5.91 Å². The van der Waals surface area contributed by atoms with Crippen LogP contribution < -0.4 is 5.14 Å². The smallest absolute Gasteiger partial charge is 0.253 e. The van der Waals surface area contributed by atoms with E-state index in [9.17, 15) is 22.8 Å². The third kappa shape index (κ3) is 6.57. The molecule has 39 heavy (non-hydrogen) atoms. The fourth-order valence-electron chi connectivity index (χ4n) is 5.51. The fraction of sp³-hybridized carbons (Fsp3) is 0.444. The molecule has 2 N–H and O–H groups in total. The van der Waals surface area contributed by atoms with Crippen molar-refractivity contribution in [2.75, 3.05) is 33.2 Å². The first-order valence-corrected chi connectivity index (χ1v) is 15.1. The van der Waals surface area contributed by atoms with Crippen molar-refractivity contribution in [3.8, 4) is 0 Å². The van der Waals surface area contributed by atoms with Crippen LogP contribution in [0.25, 0.3) is 0 Å². The second kappa shape index (κ2) is 11.8. The van der Waals surface area contributed by atoms with E-state index in [0.717, 1.165) is 5.56 Å². The largest absolute Gasteiger partial charge is 0.343 e. The van der Waals surface area contributed by atoms with Crippen LogP contribution in [0.15, 0.2) is 47.4 Å². The van der Waals surface area contributed by atoms with E-state index in [1.54, 1.807) is 35.9 Å². The molecule has 2 unspecified atom stereocenters. The van der Waals surface area contributed by atoms with E-state index in [0.29, 0.717) is 61.1 Å². The minimum atomic E-state index is -3.87. The number of rotatable bonds is 5. The van der Waals surface area contributed by atoms with Crippen LogP contribution in [0.4, 0.5) is 0 Å². The zero-order chi connectivity index (χ0) is 28.5. The van der Waals surface area contributed by atoms with Crippen LogP contribution in [0, 0.1) is 5.92 Å². The summed E-state index contributed by atoms with van der Waals surface area (Å²) >= 11 is 12.5. The van der Waals surface area contributed by atoms with Gasteiger partial charge in [0.1, 0.15) is 0 Å². The minimum Gasteiger partial charge on any atom is -0.343 e. The van der Waals surface area contributed by atoms with Gasteiger partial charge in [-0.05, 0) is 61.2 Å². The summed E-state index contributed by atoms with van der Waals surface area (Å²) < 4.78 is 23.2.